The van der Waals surface area contributed by atoms with E-state index in [1.165, 1.54) is 17.2 Å². The Balaban J connectivity index is 1.69. The summed E-state index contributed by atoms with van der Waals surface area (Å²) in [6, 6.07) is 16.9. The van der Waals surface area contributed by atoms with Crippen LogP contribution in [-0.2, 0) is 4.79 Å². The number of carbonyl (C=O) groups is 1. The lowest BCUT2D eigenvalue weighted by Gasteiger charge is -2.24. The Bertz CT molecular complexity index is 1060. The Hall–Kier alpha value is -3.21. The van der Waals surface area contributed by atoms with Crippen LogP contribution >= 0.6 is 0 Å². The van der Waals surface area contributed by atoms with Crippen LogP contribution in [0.1, 0.15) is 49.4 Å². The number of para-hydroxylation sites is 1. The summed E-state index contributed by atoms with van der Waals surface area (Å²) in [6.45, 7) is 0. The number of fused-ring (bicyclic) bond motifs is 1. The van der Waals surface area contributed by atoms with Gasteiger partial charge in [0, 0.05) is 12.0 Å². The average molecular weight is 373 g/mol. The number of amides is 1. The molecule has 1 heterocycles. The molecule has 0 spiro atoms. The summed E-state index contributed by atoms with van der Waals surface area (Å²) in [5.74, 6) is 0.495. The molecule has 1 aliphatic rings. The lowest BCUT2D eigenvalue weighted by molar-refractivity contribution is -0.112. The fraction of sp³-hybridized carbons (Fsp3) is 0.261. The standard InChI is InChI=1S/C23H23N3O2/c27-21(16-15-17-9-3-1-4-10-17)25-26-22(18-11-5-2-6-12-18)24-20-14-8-7-13-19(20)23(26)28/h1,3-4,7-10,13-16,18H,2,5-6,11-12H2,(H,25,27)/b16-15+. The lowest BCUT2D eigenvalue weighted by atomic mass is 9.88. The molecule has 0 bridgehead atoms. The van der Waals surface area contributed by atoms with Crippen molar-refractivity contribution >= 4 is 22.9 Å². The molecule has 0 aliphatic heterocycles. The van der Waals surface area contributed by atoms with Crippen molar-refractivity contribution in [3.8, 4) is 0 Å². The largest absolute Gasteiger partial charge is 0.280 e. The minimum absolute atomic E-state index is 0.185. The van der Waals surface area contributed by atoms with Crippen LogP contribution in [0.5, 0.6) is 0 Å². The number of hydrogen-bond donors (Lipinski definition) is 1. The molecule has 4 rings (SSSR count). The normalized spacial score (nSPS) is 15.1. The quantitative estimate of drug-likeness (QED) is 0.696. The molecule has 0 saturated heterocycles. The number of aromatic nitrogens is 2. The molecular weight excluding hydrogens is 350 g/mol. The average Bonchev–Trinajstić information content (AvgIpc) is 2.75. The molecule has 1 aromatic heterocycles. The van der Waals surface area contributed by atoms with E-state index in [1.807, 2.05) is 48.5 Å². The molecule has 0 radical (unpaired) electrons. The molecule has 1 fully saturated rings. The van der Waals surface area contributed by atoms with Crippen LogP contribution in [0, 0.1) is 0 Å². The fourth-order valence-corrected chi connectivity index (χ4v) is 3.78. The van der Waals surface area contributed by atoms with Crippen LogP contribution in [0.15, 0.2) is 65.5 Å². The van der Waals surface area contributed by atoms with Crippen molar-refractivity contribution in [2.75, 3.05) is 5.43 Å². The topological polar surface area (TPSA) is 64.0 Å². The third kappa shape index (κ3) is 3.88. The van der Waals surface area contributed by atoms with E-state index in [-0.39, 0.29) is 17.4 Å². The summed E-state index contributed by atoms with van der Waals surface area (Å²) < 4.78 is 1.36. The highest BCUT2D eigenvalue weighted by Gasteiger charge is 2.23. The monoisotopic (exact) mass is 373 g/mol. The first-order chi connectivity index (χ1) is 13.7. The number of rotatable bonds is 4. The zero-order valence-electron chi connectivity index (χ0n) is 15.7. The summed E-state index contributed by atoms with van der Waals surface area (Å²) in [6.07, 6.45) is 8.60. The molecular formula is C23H23N3O2. The molecule has 5 nitrogen and oxygen atoms in total. The molecule has 1 N–H and O–H groups in total. The van der Waals surface area contributed by atoms with Crippen LogP contribution < -0.4 is 11.0 Å². The Morgan fingerprint density at radius 3 is 2.50 bits per heavy atom. The van der Waals surface area contributed by atoms with E-state index in [2.05, 4.69) is 5.43 Å². The predicted octanol–water partition coefficient (Wildman–Crippen LogP) is 4.23. The maximum atomic E-state index is 13.1. The van der Waals surface area contributed by atoms with Gasteiger partial charge in [0.15, 0.2) is 0 Å². The van der Waals surface area contributed by atoms with Gasteiger partial charge in [0.25, 0.3) is 11.5 Å². The predicted molar refractivity (Wildman–Crippen MR) is 112 cm³/mol. The first kappa shape index (κ1) is 18.2. The number of nitrogens with one attached hydrogen (secondary N) is 1. The smallest absolute Gasteiger partial charge is 0.268 e. The third-order valence-electron chi connectivity index (χ3n) is 5.22. The van der Waals surface area contributed by atoms with Gasteiger partial charge in [-0.05, 0) is 36.6 Å². The zero-order valence-corrected chi connectivity index (χ0v) is 15.7. The Morgan fingerprint density at radius 2 is 1.71 bits per heavy atom. The van der Waals surface area contributed by atoms with E-state index in [4.69, 9.17) is 4.98 Å². The first-order valence-electron chi connectivity index (χ1n) is 9.78. The SMILES string of the molecule is O=C(/C=C/c1ccccc1)Nn1c(C2CCCCC2)nc2ccccc2c1=O. The number of nitrogens with zero attached hydrogens (tertiary/aromatic N) is 2. The van der Waals surface area contributed by atoms with Crippen molar-refractivity contribution < 1.29 is 4.79 Å². The second kappa shape index (κ2) is 8.21. The van der Waals surface area contributed by atoms with Crippen molar-refractivity contribution in [2.45, 2.75) is 38.0 Å². The zero-order chi connectivity index (χ0) is 19.3. The van der Waals surface area contributed by atoms with Gasteiger partial charge in [-0.25, -0.2) is 9.66 Å². The van der Waals surface area contributed by atoms with Gasteiger partial charge < -0.3 is 0 Å². The summed E-state index contributed by atoms with van der Waals surface area (Å²) >= 11 is 0. The number of carbonyl (C=O) groups excluding carboxylic acids is 1. The molecule has 2 aromatic carbocycles. The third-order valence-corrected chi connectivity index (χ3v) is 5.22. The highest BCUT2D eigenvalue weighted by Crippen LogP contribution is 2.31. The van der Waals surface area contributed by atoms with Gasteiger partial charge in [-0.3, -0.25) is 15.0 Å². The van der Waals surface area contributed by atoms with E-state index in [9.17, 15) is 9.59 Å². The summed E-state index contributed by atoms with van der Waals surface area (Å²) in [5.41, 5.74) is 4.13. The maximum absolute atomic E-state index is 13.1. The van der Waals surface area contributed by atoms with Crippen molar-refractivity contribution in [1.82, 2.24) is 9.66 Å². The van der Waals surface area contributed by atoms with Gasteiger partial charge in [0.05, 0.1) is 10.9 Å². The van der Waals surface area contributed by atoms with E-state index >= 15 is 0 Å². The first-order valence-corrected chi connectivity index (χ1v) is 9.78. The Kier molecular flexibility index (Phi) is 5.33. The molecule has 0 unspecified atom stereocenters. The number of hydrogen-bond acceptors (Lipinski definition) is 3. The molecule has 28 heavy (non-hydrogen) atoms. The van der Waals surface area contributed by atoms with Crippen LogP contribution in [0.4, 0.5) is 0 Å². The Morgan fingerprint density at radius 1 is 1.00 bits per heavy atom. The van der Waals surface area contributed by atoms with Gasteiger partial charge in [0.2, 0.25) is 0 Å². The molecule has 1 saturated carbocycles. The molecule has 1 aliphatic carbocycles. The van der Waals surface area contributed by atoms with E-state index in [1.54, 1.807) is 12.1 Å². The van der Waals surface area contributed by atoms with Crippen molar-refractivity contribution in [3.05, 3.63) is 82.4 Å². The molecule has 5 heteroatoms. The molecule has 3 aromatic rings. The van der Waals surface area contributed by atoms with Gasteiger partial charge in [-0.1, -0.05) is 61.7 Å². The van der Waals surface area contributed by atoms with Crippen LogP contribution in [0.25, 0.3) is 17.0 Å². The van der Waals surface area contributed by atoms with Gasteiger partial charge in [0.1, 0.15) is 5.82 Å². The van der Waals surface area contributed by atoms with E-state index < -0.39 is 0 Å². The highest BCUT2D eigenvalue weighted by atomic mass is 16.2. The van der Waals surface area contributed by atoms with Crippen molar-refractivity contribution in [2.24, 2.45) is 0 Å². The van der Waals surface area contributed by atoms with Gasteiger partial charge in [-0.2, -0.15) is 0 Å². The molecule has 0 atom stereocenters. The van der Waals surface area contributed by atoms with Crippen molar-refractivity contribution in [3.63, 3.8) is 0 Å². The summed E-state index contributed by atoms with van der Waals surface area (Å²) in [4.78, 5) is 30.4. The van der Waals surface area contributed by atoms with Crippen molar-refractivity contribution in [1.29, 1.82) is 0 Å². The lowest BCUT2D eigenvalue weighted by Crippen LogP contribution is -2.37. The molecule has 142 valence electrons. The second-order valence-electron chi connectivity index (χ2n) is 7.18. The minimum atomic E-state index is -0.347. The molecule has 1 amide bonds. The van der Waals surface area contributed by atoms with Crippen LogP contribution in [0.3, 0.4) is 0 Å². The highest BCUT2D eigenvalue weighted by molar-refractivity contribution is 5.97. The van der Waals surface area contributed by atoms with E-state index in [0.29, 0.717) is 16.7 Å². The van der Waals surface area contributed by atoms with Gasteiger partial charge >= 0.3 is 0 Å². The van der Waals surface area contributed by atoms with Crippen LogP contribution in [0.2, 0.25) is 0 Å². The summed E-state index contributed by atoms with van der Waals surface area (Å²) in [7, 11) is 0. The maximum Gasteiger partial charge on any atom is 0.280 e. The number of benzene rings is 2. The van der Waals surface area contributed by atoms with Gasteiger partial charge in [-0.15, -0.1) is 0 Å². The summed E-state index contributed by atoms with van der Waals surface area (Å²) in [5, 5.41) is 0.509. The second-order valence-corrected chi connectivity index (χ2v) is 7.18. The van der Waals surface area contributed by atoms with Crippen LogP contribution in [-0.4, -0.2) is 15.6 Å². The minimum Gasteiger partial charge on any atom is -0.268 e. The Labute approximate surface area is 163 Å². The van der Waals surface area contributed by atoms with E-state index in [0.717, 1.165) is 31.2 Å². The fourth-order valence-electron chi connectivity index (χ4n) is 3.78.